The van der Waals surface area contributed by atoms with Crippen molar-refractivity contribution in [3.8, 4) is 16.9 Å². The van der Waals surface area contributed by atoms with Crippen molar-refractivity contribution in [2.45, 2.75) is 26.9 Å². The van der Waals surface area contributed by atoms with Crippen LogP contribution in [-0.4, -0.2) is 12.5 Å². The zero-order valence-corrected chi connectivity index (χ0v) is 19.5. The van der Waals surface area contributed by atoms with Crippen molar-refractivity contribution in [2.75, 3.05) is 11.9 Å². The first-order chi connectivity index (χ1) is 16.7. The molecule has 35 heavy (non-hydrogen) atoms. The molecule has 4 aromatic rings. The van der Waals surface area contributed by atoms with Crippen LogP contribution in [0.25, 0.3) is 27.7 Å². The Labute approximate surface area is 201 Å². The largest absolute Gasteiger partial charge is 0.493 e. The quantitative estimate of drug-likeness (QED) is 0.286. The molecule has 180 valence electrons. The highest BCUT2D eigenvalue weighted by atomic mass is 19.4. The summed E-state index contributed by atoms with van der Waals surface area (Å²) in [6.45, 7) is 6.00. The summed E-state index contributed by atoms with van der Waals surface area (Å²) in [5.41, 5.74) is 4.32. The van der Waals surface area contributed by atoms with Gasteiger partial charge in [-0.1, -0.05) is 30.3 Å². The lowest BCUT2D eigenvalue weighted by molar-refractivity contribution is -0.137. The number of amides is 1. The average molecular weight is 479 g/mol. The van der Waals surface area contributed by atoms with Gasteiger partial charge in [0.2, 0.25) is 5.91 Å². The van der Waals surface area contributed by atoms with Gasteiger partial charge in [-0.05, 0) is 62.2 Å². The molecular formula is C28H24F3NO3. The first-order valence-corrected chi connectivity index (χ1v) is 11.1. The summed E-state index contributed by atoms with van der Waals surface area (Å²) in [5.74, 6) is 0.156. The molecule has 0 bridgehead atoms. The number of anilines is 1. The van der Waals surface area contributed by atoms with E-state index in [-0.39, 0.29) is 5.69 Å². The molecule has 4 rings (SSSR count). The lowest BCUT2D eigenvalue weighted by Gasteiger charge is -2.15. The van der Waals surface area contributed by atoms with Gasteiger partial charge in [-0.2, -0.15) is 13.2 Å². The van der Waals surface area contributed by atoms with Crippen molar-refractivity contribution in [1.82, 2.24) is 0 Å². The summed E-state index contributed by atoms with van der Waals surface area (Å²) in [4.78, 5) is 12.7. The molecule has 0 saturated heterocycles. The number of aryl methyl sites for hydroxylation is 1. The second kappa shape index (κ2) is 9.70. The number of hydrogen-bond donors (Lipinski definition) is 1. The number of nitrogens with one attached hydrogen (secondary N) is 1. The van der Waals surface area contributed by atoms with Gasteiger partial charge >= 0.3 is 6.18 Å². The maximum absolute atomic E-state index is 12.8. The van der Waals surface area contributed by atoms with Crippen molar-refractivity contribution in [1.29, 1.82) is 0 Å². The highest BCUT2D eigenvalue weighted by molar-refractivity contribution is 6.06. The van der Waals surface area contributed by atoms with Gasteiger partial charge in [-0.15, -0.1) is 0 Å². The van der Waals surface area contributed by atoms with E-state index in [1.54, 1.807) is 13.2 Å². The molecule has 0 fully saturated rings. The Balaban J connectivity index is 1.70. The van der Waals surface area contributed by atoms with Crippen molar-refractivity contribution in [3.63, 3.8) is 0 Å². The lowest BCUT2D eigenvalue weighted by Crippen LogP contribution is -2.10. The molecular weight excluding hydrogens is 455 g/mol. The van der Waals surface area contributed by atoms with Crippen LogP contribution in [0, 0.1) is 6.92 Å². The van der Waals surface area contributed by atoms with E-state index >= 15 is 0 Å². The molecule has 4 nitrogen and oxygen atoms in total. The topological polar surface area (TPSA) is 51.5 Å². The third-order valence-electron chi connectivity index (χ3n) is 5.67. The summed E-state index contributed by atoms with van der Waals surface area (Å²) < 4.78 is 50.2. The molecule has 1 aromatic heterocycles. The molecule has 0 aliphatic rings. The van der Waals surface area contributed by atoms with Crippen LogP contribution >= 0.6 is 0 Å². The molecule has 7 heteroatoms. The van der Waals surface area contributed by atoms with Crippen LogP contribution in [0.4, 0.5) is 18.9 Å². The number of fused-ring (bicyclic) bond motifs is 1. The number of carbonyl (C=O) groups is 1. The molecule has 1 N–H and O–H groups in total. The van der Waals surface area contributed by atoms with Gasteiger partial charge in [0.1, 0.15) is 11.3 Å². The fourth-order valence-electron chi connectivity index (χ4n) is 3.98. The molecule has 0 aliphatic heterocycles. The fraction of sp³-hybridized carbons (Fsp3) is 0.179. The molecule has 3 aromatic carbocycles. The Morgan fingerprint density at radius 2 is 1.77 bits per heavy atom. The third-order valence-corrected chi connectivity index (χ3v) is 5.67. The van der Waals surface area contributed by atoms with Crippen LogP contribution in [0.2, 0.25) is 0 Å². The summed E-state index contributed by atoms with van der Waals surface area (Å²) in [7, 11) is 0. The summed E-state index contributed by atoms with van der Waals surface area (Å²) in [6.07, 6.45) is -1.32. The number of rotatable bonds is 6. The Hall–Kier alpha value is -4.00. The summed E-state index contributed by atoms with van der Waals surface area (Å²) in [6, 6.07) is 16.1. The number of halogens is 3. The second-order valence-corrected chi connectivity index (χ2v) is 8.10. The van der Waals surface area contributed by atoms with Crippen LogP contribution in [0.3, 0.4) is 0 Å². The molecule has 0 unspecified atom stereocenters. The minimum atomic E-state index is -4.43. The van der Waals surface area contributed by atoms with Crippen LogP contribution in [0.15, 0.2) is 77.4 Å². The van der Waals surface area contributed by atoms with Crippen molar-refractivity contribution in [3.05, 3.63) is 89.7 Å². The highest BCUT2D eigenvalue weighted by Gasteiger charge is 2.30. The molecule has 0 atom stereocenters. The molecule has 1 heterocycles. The molecule has 0 aliphatic carbocycles. The minimum Gasteiger partial charge on any atom is -0.493 e. The van der Waals surface area contributed by atoms with Gasteiger partial charge in [0.05, 0.1) is 18.4 Å². The van der Waals surface area contributed by atoms with Crippen molar-refractivity contribution < 1.29 is 27.1 Å². The van der Waals surface area contributed by atoms with Crippen molar-refractivity contribution >= 4 is 28.1 Å². The first kappa shape index (κ1) is 24.1. The zero-order chi connectivity index (χ0) is 25.2. The van der Waals surface area contributed by atoms with Crippen LogP contribution < -0.4 is 10.1 Å². The van der Waals surface area contributed by atoms with Gasteiger partial charge in [0, 0.05) is 33.8 Å². The number of furan rings is 1. The lowest BCUT2D eigenvalue weighted by atomic mass is 9.96. The fourth-order valence-corrected chi connectivity index (χ4v) is 3.98. The monoisotopic (exact) mass is 479 g/mol. The van der Waals surface area contributed by atoms with Crippen LogP contribution in [0.1, 0.15) is 30.5 Å². The average Bonchev–Trinajstić information content (AvgIpc) is 3.25. The van der Waals surface area contributed by atoms with E-state index in [1.165, 1.54) is 18.2 Å². The van der Waals surface area contributed by atoms with Gasteiger partial charge in [-0.3, -0.25) is 4.79 Å². The summed E-state index contributed by atoms with van der Waals surface area (Å²) >= 11 is 0. The van der Waals surface area contributed by atoms with E-state index in [4.69, 9.17) is 9.15 Å². The second-order valence-electron chi connectivity index (χ2n) is 8.10. The number of allylic oxidation sites excluding steroid dienone is 1. The minimum absolute atomic E-state index is 0.268. The molecule has 0 radical (unpaired) electrons. The Morgan fingerprint density at radius 3 is 2.40 bits per heavy atom. The van der Waals surface area contributed by atoms with E-state index in [9.17, 15) is 18.0 Å². The van der Waals surface area contributed by atoms with Gasteiger partial charge < -0.3 is 14.5 Å². The number of alkyl halides is 3. The SMILES string of the molecule is CCOc1c(/C(C)=C/C(=O)Nc2ccc(C(F)(F)F)cc2)cc2c(-c3ccccc3)coc2c1C. The molecule has 0 spiro atoms. The maximum atomic E-state index is 12.8. The first-order valence-electron chi connectivity index (χ1n) is 11.1. The van der Waals surface area contributed by atoms with Gasteiger partial charge in [0.25, 0.3) is 0 Å². The van der Waals surface area contributed by atoms with Crippen molar-refractivity contribution in [2.24, 2.45) is 0 Å². The Morgan fingerprint density at radius 1 is 1.09 bits per heavy atom. The van der Waals surface area contributed by atoms with E-state index in [0.29, 0.717) is 23.5 Å². The normalized spacial score (nSPS) is 12.1. The van der Waals surface area contributed by atoms with E-state index in [2.05, 4.69) is 5.32 Å². The number of carbonyl (C=O) groups excluding carboxylic acids is 1. The van der Waals surface area contributed by atoms with Crippen LogP contribution in [-0.2, 0) is 11.0 Å². The van der Waals surface area contributed by atoms with Gasteiger partial charge in [-0.25, -0.2) is 0 Å². The smallest absolute Gasteiger partial charge is 0.416 e. The van der Waals surface area contributed by atoms with E-state index in [0.717, 1.165) is 39.8 Å². The Bertz CT molecular complexity index is 1390. The van der Waals surface area contributed by atoms with E-state index in [1.807, 2.05) is 50.2 Å². The summed E-state index contributed by atoms with van der Waals surface area (Å²) in [5, 5.41) is 3.51. The van der Waals surface area contributed by atoms with Gasteiger partial charge in [0.15, 0.2) is 0 Å². The number of ether oxygens (including phenoxy) is 1. The zero-order valence-electron chi connectivity index (χ0n) is 19.5. The third kappa shape index (κ3) is 5.09. The maximum Gasteiger partial charge on any atom is 0.416 e. The molecule has 0 saturated carbocycles. The Kier molecular flexibility index (Phi) is 6.69. The van der Waals surface area contributed by atoms with Crippen LogP contribution in [0.5, 0.6) is 5.75 Å². The number of hydrogen-bond acceptors (Lipinski definition) is 3. The predicted octanol–water partition coefficient (Wildman–Crippen LogP) is 7.87. The molecule has 1 amide bonds. The number of benzene rings is 3. The highest BCUT2D eigenvalue weighted by Crippen LogP contribution is 2.40. The van der Waals surface area contributed by atoms with E-state index < -0.39 is 17.6 Å². The standard InChI is InChI=1S/C28H24F3NO3/c1-4-34-26-18(3)27-23(24(16-35-27)19-8-6-5-7-9-19)15-22(26)17(2)14-25(33)32-21-12-10-20(11-13-21)28(29,30)31/h5-16H,4H2,1-3H3,(H,32,33)/b17-14+. The predicted molar refractivity (Wildman–Crippen MR) is 131 cm³/mol.